The summed E-state index contributed by atoms with van der Waals surface area (Å²) in [6, 6.07) is 16.4. The lowest BCUT2D eigenvalue weighted by molar-refractivity contribution is -0.131. The number of carbonyl (C=O) groups is 1. The van der Waals surface area contributed by atoms with Crippen LogP contribution in [0.3, 0.4) is 0 Å². The van der Waals surface area contributed by atoms with Crippen LogP contribution in [0.4, 0.5) is 5.69 Å². The maximum absolute atomic E-state index is 12.4. The van der Waals surface area contributed by atoms with Crippen LogP contribution in [0.15, 0.2) is 67.3 Å². The van der Waals surface area contributed by atoms with Crippen LogP contribution in [0, 0.1) is 0 Å². The molecule has 6 nitrogen and oxygen atoms in total. The average Bonchev–Trinajstić information content (AvgIpc) is 3.42. The molecule has 36 heavy (non-hydrogen) atoms. The van der Waals surface area contributed by atoms with Crippen LogP contribution in [0.2, 0.25) is 5.02 Å². The van der Waals surface area contributed by atoms with Crippen LogP contribution in [-0.2, 0) is 17.8 Å². The number of hydrogen-bond acceptors (Lipinski definition) is 4. The first-order valence-electron chi connectivity index (χ1n) is 13.1. The van der Waals surface area contributed by atoms with Crippen molar-refractivity contribution >= 4 is 23.2 Å². The molecule has 1 atom stereocenters. The zero-order chi connectivity index (χ0) is 25.2. The number of imidazole rings is 1. The van der Waals surface area contributed by atoms with Crippen LogP contribution >= 0.6 is 11.6 Å². The third-order valence-corrected chi connectivity index (χ3v) is 7.03. The molecule has 0 N–H and O–H groups in total. The largest absolute Gasteiger partial charge is 0.489 e. The molecule has 1 aromatic heterocycles. The summed E-state index contributed by atoms with van der Waals surface area (Å²) >= 11 is 6.03. The van der Waals surface area contributed by atoms with Crippen molar-refractivity contribution in [2.24, 2.45) is 0 Å². The average molecular weight is 509 g/mol. The number of rotatable bonds is 12. The second-order valence-electron chi connectivity index (χ2n) is 9.48. The Morgan fingerprint density at radius 2 is 1.78 bits per heavy atom. The first-order chi connectivity index (χ1) is 17.6. The van der Waals surface area contributed by atoms with E-state index in [1.807, 2.05) is 29.6 Å². The summed E-state index contributed by atoms with van der Waals surface area (Å²) in [5.41, 5.74) is 2.42. The molecule has 1 unspecified atom stereocenters. The van der Waals surface area contributed by atoms with E-state index < -0.39 is 0 Å². The molecule has 0 spiro atoms. The van der Waals surface area contributed by atoms with Crippen molar-refractivity contribution in [1.82, 2.24) is 14.5 Å². The van der Waals surface area contributed by atoms with E-state index in [1.165, 1.54) is 11.3 Å². The minimum Gasteiger partial charge on any atom is -0.489 e. The van der Waals surface area contributed by atoms with Gasteiger partial charge in [0, 0.05) is 55.7 Å². The molecule has 0 saturated carbocycles. The fourth-order valence-electron chi connectivity index (χ4n) is 4.62. The van der Waals surface area contributed by atoms with Gasteiger partial charge in [0.25, 0.3) is 0 Å². The lowest BCUT2D eigenvalue weighted by Gasteiger charge is -2.36. The number of piperazine rings is 1. The van der Waals surface area contributed by atoms with Crippen molar-refractivity contribution in [3.05, 3.63) is 77.8 Å². The number of anilines is 1. The van der Waals surface area contributed by atoms with E-state index in [0.717, 1.165) is 75.6 Å². The highest BCUT2D eigenvalue weighted by atomic mass is 35.5. The monoisotopic (exact) mass is 508 g/mol. The molecule has 2 heterocycles. The number of unbranched alkanes of at least 4 members (excludes halogenated alkanes) is 2. The van der Waals surface area contributed by atoms with Crippen LogP contribution in [0.5, 0.6) is 5.75 Å². The van der Waals surface area contributed by atoms with Crippen molar-refractivity contribution in [3.8, 4) is 5.75 Å². The molecule has 3 aromatic rings. The predicted octanol–water partition coefficient (Wildman–Crippen LogP) is 5.85. The van der Waals surface area contributed by atoms with Crippen molar-refractivity contribution in [3.63, 3.8) is 0 Å². The maximum atomic E-state index is 12.4. The van der Waals surface area contributed by atoms with E-state index in [0.29, 0.717) is 12.3 Å². The molecule has 192 valence electrons. The summed E-state index contributed by atoms with van der Waals surface area (Å²) in [4.78, 5) is 21.0. The molecule has 2 aromatic carbocycles. The Morgan fingerprint density at radius 1 is 1.03 bits per heavy atom. The van der Waals surface area contributed by atoms with Gasteiger partial charge in [0.05, 0.1) is 12.9 Å². The van der Waals surface area contributed by atoms with E-state index in [2.05, 4.69) is 57.8 Å². The summed E-state index contributed by atoms with van der Waals surface area (Å²) < 4.78 is 8.48. The minimum atomic E-state index is 0.0167. The lowest BCUT2D eigenvalue weighted by atomic mass is 10.1. The van der Waals surface area contributed by atoms with Crippen molar-refractivity contribution in [2.45, 2.75) is 58.1 Å². The van der Waals surface area contributed by atoms with Gasteiger partial charge >= 0.3 is 0 Å². The number of aromatic nitrogens is 2. The Balaban J connectivity index is 1.31. The van der Waals surface area contributed by atoms with Gasteiger partial charge in [0.15, 0.2) is 0 Å². The van der Waals surface area contributed by atoms with Gasteiger partial charge in [0.2, 0.25) is 5.91 Å². The Bertz CT molecular complexity index is 1050. The molecule has 1 fully saturated rings. The standard InChI is InChI=1S/C29H37ClN4O2/c1-2-3-4-5-29(35)34-20-18-33(19-21-34)26-11-14-27(15-12-26)36-28(22-32-17-16-31-23-32)13-8-24-6-9-25(30)10-7-24/h6-7,9-12,14-17,23,28H,2-5,8,13,18-22H2,1H3. The Kier molecular flexibility index (Phi) is 9.68. The third-order valence-electron chi connectivity index (χ3n) is 6.77. The molecule has 0 radical (unpaired) electrons. The van der Waals surface area contributed by atoms with E-state index in [1.54, 1.807) is 6.20 Å². The number of aryl methyl sites for hydroxylation is 1. The van der Waals surface area contributed by atoms with Gasteiger partial charge in [-0.2, -0.15) is 0 Å². The Hall–Kier alpha value is -2.99. The molecule has 1 aliphatic heterocycles. The highest BCUT2D eigenvalue weighted by Gasteiger charge is 2.21. The quantitative estimate of drug-likeness (QED) is 0.288. The fourth-order valence-corrected chi connectivity index (χ4v) is 4.75. The molecule has 0 aliphatic carbocycles. The van der Waals surface area contributed by atoms with Crippen LogP contribution in [-0.4, -0.2) is 52.6 Å². The number of carbonyl (C=O) groups excluding carboxylic acids is 1. The molecule has 1 amide bonds. The van der Waals surface area contributed by atoms with Crippen molar-refractivity contribution in [2.75, 3.05) is 31.1 Å². The zero-order valence-electron chi connectivity index (χ0n) is 21.2. The van der Waals surface area contributed by atoms with Gasteiger partial charge in [-0.1, -0.05) is 43.5 Å². The smallest absolute Gasteiger partial charge is 0.222 e. The third kappa shape index (κ3) is 7.76. The normalized spacial score (nSPS) is 14.6. The molecule has 1 aliphatic rings. The van der Waals surface area contributed by atoms with Crippen molar-refractivity contribution in [1.29, 1.82) is 0 Å². The van der Waals surface area contributed by atoms with E-state index in [4.69, 9.17) is 16.3 Å². The molecule has 0 bridgehead atoms. The van der Waals surface area contributed by atoms with E-state index in [-0.39, 0.29) is 6.10 Å². The van der Waals surface area contributed by atoms with Gasteiger partial charge in [-0.3, -0.25) is 4.79 Å². The molecule has 4 rings (SSSR count). The molecular formula is C29H37ClN4O2. The number of hydrogen-bond donors (Lipinski definition) is 0. The zero-order valence-corrected chi connectivity index (χ0v) is 21.9. The SMILES string of the molecule is CCCCCC(=O)N1CCN(c2ccc(OC(CCc3ccc(Cl)cc3)Cn3ccnc3)cc2)CC1. The summed E-state index contributed by atoms with van der Waals surface area (Å²) in [6.45, 7) is 6.22. The number of amides is 1. The number of ether oxygens (including phenoxy) is 1. The Labute approximate surface area is 219 Å². The molecule has 1 saturated heterocycles. The first kappa shape index (κ1) is 26.1. The lowest BCUT2D eigenvalue weighted by Crippen LogP contribution is -2.48. The van der Waals surface area contributed by atoms with Gasteiger partial charge in [-0.05, 0) is 61.2 Å². The number of halogens is 1. The summed E-state index contributed by atoms with van der Waals surface area (Å²) in [5.74, 6) is 1.17. The number of nitrogens with zero attached hydrogens (tertiary/aromatic N) is 4. The van der Waals surface area contributed by atoms with Crippen LogP contribution < -0.4 is 9.64 Å². The van der Waals surface area contributed by atoms with Gasteiger partial charge in [-0.25, -0.2) is 4.98 Å². The van der Waals surface area contributed by atoms with E-state index >= 15 is 0 Å². The summed E-state index contributed by atoms with van der Waals surface area (Å²) in [6.07, 6.45) is 11.4. The van der Waals surface area contributed by atoms with E-state index in [9.17, 15) is 4.79 Å². The highest BCUT2D eigenvalue weighted by molar-refractivity contribution is 6.30. The predicted molar refractivity (Wildman–Crippen MR) is 146 cm³/mol. The second kappa shape index (κ2) is 13.4. The summed E-state index contributed by atoms with van der Waals surface area (Å²) in [7, 11) is 0. The van der Waals surface area contributed by atoms with Crippen molar-refractivity contribution < 1.29 is 9.53 Å². The minimum absolute atomic E-state index is 0.0167. The molecule has 7 heteroatoms. The highest BCUT2D eigenvalue weighted by Crippen LogP contribution is 2.23. The number of benzene rings is 2. The van der Waals surface area contributed by atoms with Crippen LogP contribution in [0.1, 0.15) is 44.6 Å². The van der Waals surface area contributed by atoms with Crippen LogP contribution in [0.25, 0.3) is 0 Å². The topological polar surface area (TPSA) is 50.6 Å². The van der Waals surface area contributed by atoms with Gasteiger partial charge in [0.1, 0.15) is 11.9 Å². The fraction of sp³-hybridized carbons (Fsp3) is 0.448. The molecular weight excluding hydrogens is 472 g/mol. The maximum Gasteiger partial charge on any atom is 0.222 e. The second-order valence-corrected chi connectivity index (χ2v) is 9.92. The first-order valence-corrected chi connectivity index (χ1v) is 13.5. The van der Waals surface area contributed by atoms with Gasteiger partial charge < -0.3 is 19.1 Å². The summed E-state index contributed by atoms with van der Waals surface area (Å²) in [5, 5.41) is 0.755. The Morgan fingerprint density at radius 3 is 2.44 bits per heavy atom. The van der Waals surface area contributed by atoms with Gasteiger partial charge in [-0.15, -0.1) is 0 Å².